The lowest BCUT2D eigenvalue weighted by molar-refractivity contribution is 0.100. The van der Waals surface area contributed by atoms with Crippen LogP contribution in [-0.4, -0.2) is 26.1 Å². The molecule has 0 bridgehead atoms. The summed E-state index contributed by atoms with van der Waals surface area (Å²) >= 11 is 0. The van der Waals surface area contributed by atoms with Gasteiger partial charge in [0.05, 0.1) is 19.3 Å². The maximum atomic E-state index is 12.6. The van der Waals surface area contributed by atoms with E-state index in [0.717, 1.165) is 5.56 Å². The summed E-state index contributed by atoms with van der Waals surface area (Å²) in [5.41, 5.74) is 2.10. The molecule has 3 rings (SSSR count). The number of benzene rings is 2. The molecule has 0 unspecified atom stereocenters. The predicted octanol–water partition coefficient (Wildman–Crippen LogP) is 3.75. The van der Waals surface area contributed by atoms with Crippen LogP contribution in [0.25, 0.3) is 6.08 Å². The average Bonchev–Trinajstić information content (AvgIpc) is 2.58. The molecule has 1 heterocycles. The average molecular weight is 310 g/mol. The molecule has 2 aromatic rings. The van der Waals surface area contributed by atoms with Crippen LogP contribution < -0.4 is 14.2 Å². The van der Waals surface area contributed by atoms with Gasteiger partial charge in [-0.3, -0.25) is 4.79 Å². The van der Waals surface area contributed by atoms with Gasteiger partial charge < -0.3 is 14.2 Å². The smallest absolute Gasteiger partial charge is 0.196 e. The lowest BCUT2D eigenvalue weighted by Gasteiger charge is -2.18. The van der Waals surface area contributed by atoms with Crippen LogP contribution in [0.2, 0.25) is 0 Å². The Hall–Kier alpha value is -2.75. The molecule has 0 N–H and O–H groups in total. The minimum Gasteiger partial charge on any atom is -0.493 e. The minimum absolute atomic E-state index is 0.000581. The highest BCUT2D eigenvalue weighted by molar-refractivity contribution is 6.14. The van der Waals surface area contributed by atoms with Gasteiger partial charge in [0.15, 0.2) is 17.3 Å². The number of para-hydroxylation sites is 1. The molecule has 0 aliphatic carbocycles. The van der Waals surface area contributed by atoms with Crippen LogP contribution in [0.4, 0.5) is 0 Å². The van der Waals surface area contributed by atoms with Gasteiger partial charge in [-0.25, -0.2) is 0 Å². The van der Waals surface area contributed by atoms with Gasteiger partial charge in [-0.15, -0.1) is 0 Å². The normalized spacial score (nSPS) is 15.0. The second-order valence-corrected chi connectivity index (χ2v) is 5.13. The molecule has 0 saturated carbocycles. The Balaban J connectivity index is 1.93. The van der Waals surface area contributed by atoms with Crippen molar-refractivity contribution in [3.8, 4) is 17.2 Å². The quantitative estimate of drug-likeness (QED) is 0.807. The van der Waals surface area contributed by atoms with Crippen molar-refractivity contribution >= 4 is 11.9 Å². The largest absolute Gasteiger partial charge is 0.493 e. The van der Waals surface area contributed by atoms with Gasteiger partial charge in [0.25, 0.3) is 0 Å². The van der Waals surface area contributed by atoms with Crippen molar-refractivity contribution in [3.63, 3.8) is 0 Å². The van der Waals surface area contributed by atoms with E-state index in [-0.39, 0.29) is 12.4 Å². The summed E-state index contributed by atoms with van der Waals surface area (Å²) in [6, 6.07) is 12.9. The molecule has 1 aliphatic heterocycles. The van der Waals surface area contributed by atoms with E-state index < -0.39 is 0 Å². The molecular weight excluding hydrogens is 292 g/mol. The number of methoxy groups -OCH3 is 1. The Morgan fingerprint density at radius 1 is 1.17 bits per heavy atom. The third-order valence-electron chi connectivity index (χ3n) is 3.63. The molecule has 0 aromatic heterocycles. The Bertz CT molecular complexity index is 762. The van der Waals surface area contributed by atoms with Crippen LogP contribution in [0.3, 0.4) is 0 Å². The number of rotatable bonds is 4. The Morgan fingerprint density at radius 3 is 2.78 bits per heavy atom. The van der Waals surface area contributed by atoms with E-state index in [0.29, 0.717) is 35.0 Å². The second-order valence-electron chi connectivity index (χ2n) is 5.13. The lowest BCUT2D eigenvalue weighted by Crippen LogP contribution is -2.18. The van der Waals surface area contributed by atoms with Crippen LogP contribution in [0.15, 0.2) is 48.0 Å². The molecule has 0 radical (unpaired) electrons. The van der Waals surface area contributed by atoms with Gasteiger partial charge in [-0.05, 0) is 42.8 Å². The second kappa shape index (κ2) is 6.57. The van der Waals surface area contributed by atoms with Crippen LogP contribution in [0.5, 0.6) is 17.2 Å². The summed E-state index contributed by atoms with van der Waals surface area (Å²) in [7, 11) is 1.60. The van der Waals surface area contributed by atoms with E-state index in [1.807, 2.05) is 49.4 Å². The van der Waals surface area contributed by atoms with Gasteiger partial charge in [-0.2, -0.15) is 0 Å². The number of carbonyl (C=O) groups excluding carboxylic acids is 1. The predicted molar refractivity (Wildman–Crippen MR) is 88.4 cm³/mol. The molecule has 4 heteroatoms. The zero-order valence-electron chi connectivity index (χ0n) is 13.2. The molecule has 0 spiro atoms. The van der Waals surface area contributed by atoms with Gasteiger partial charge >= 0.3 is 0 Å². The summed E-state index contributed by atoms with van der Waals surface area (Å²) in [6.07, 6.45) is 1.83. The van der Waals surface area contributed by atoms with E-state index in [4.69, 9.17) is 14.2 Å². The monoisotopic (exact) mass is 310 g/mol. The van der Waals surface area contributed by atoms with E-state index in [2.05, 4.69) is 0 Å². The first kappa shape index (κ1) is 15.2. The standard InChI is InChI=1S/C19H18O4/c1-3-22-18-11-13(8-9-17(18)21-2)10-14-12-23-16-7-5-4-6-15(16)19(14)20/h4-11H,3,12H2,1-2H3/b14-10+. The molecular formula is C19H18O4. The summed E-state index contributed by atoms with van der Waals surface area (Å²) in [5, 5.41) is 0. The highest BCUT2D eigenvalue weighted by Gasteiger charge is 2.22. The first-order valence-corrected chi connectivity index (χ1v) is 7.51. The van der Waals surface area contributed by atoms with Crippen molar-refractivity contribution in [2.24, 2.45) is 0 Å². The van der Waals surface area contributed by atoms with Crippen LogP contribution >= 0.6 is 0 Å². The van der Waals surface area contributed by atoms with Crippen molar-refractivity contribution in [1.82, 2.24) is 0 Å². The summed E-state index contributed by atoms with van der Waals surface area (Å²) in [5.74, 6) is 1.97. The summed E-state index contributed by atoms with van der Waals surface area (Å²) in [6.45, 7) is 2.73. The third kappa shape index (κ3) is 3.06. The maximum Gasteiger partial charge on any atom is 0.196 e. The fraction of sp³-hybridized carbons (Fsp3) is 0.211. The molecule has 1 aliphatic rings. The fourth-order valence-corrected chi connectivity index (χ4v) is 2.53. The fourth-order valence-electron chi connectivity index (χ4n) is 2.53. The highest BCUT2D eigenvalue weighted by Crippen LogP contribution is 2.31. The first-order valence-electron chi connectivity index (χ1n) is 7.51. The van der Waals surface area contributed by atoms with Gasteiger partial charge in [0, 0.05) is 5.57 Å². The van der Waals surface area contributed by atoms with Crippen LogP contribution in [0.1, 0.15) is 22.8 Å². The highest BCUT2D eigenvalue weighted by atomic mass is 16.5. The number of fused-ring (bicyclic) bond motifs is 1. The maximum absolute atomic E-state index is 12.6. The molecule has 118 valence electrons. The zero-order chi connectivity index (χ0) is 16.2. The molecule has 0 fully saturated rings. The number of hydrogen-bond acceptors (Lipinski definition) is 4. The molecule has 0 amide bonds. The third-order valence-corrected chi connectivity index (χ3v) is 3.63. The van der Waals surface area contributed by atoms with E-state index >= 15 is 0 Å². The number of carbonyl (C=O) groups is 1. The van der Waals surface area contributed by atoms with E-state index in [1.54, 1.807) is 13.2 Å². The first-order chi connectivity index (χ1) is 11.2. The van der Waals surface area contributed by atoms with E-state index in [9.17, 15) is 4.79 Å². The Labute approximate surface area is 135 Å². The van der Waals surface area contributed by atoms with Gasteiger partial charge in [0.2, 0.25) is 0 Å². The topological polar surface area (TPSA) is 44.8 Å². The number of Topliss-reactive ketones (excluding diaryl/α,β-unsaturated/α-hetero) is 1. The van der Waals surface area contributed by atoms with Crippen molar-refractivity contribution in [1.29, 1.82) is 0 Å². The van der Waals surface area contributed by atoms with Crippen LogP contribution in [-0.2, 0) is 0 Å². The Morgan fingerprint density at radius 2 is 2.00 bits per heavy atom. The van der Waals surface area contributed by atoms with Crippen molar-refractivity contribution in [2.75, 3.05) is 20.3 Å². The molecule has 23 heavy (non-hydrogen) atoms. The SMILES string of the molecule is CCOc1cc(/C=C2\COc3ccccc3C2=O)ccc1OC. The van der Waals surface area contributed by atoms with Crippen molar-refractivity contribution in [2.45, 2.75) is 6.92 Å². The van der Waals surface area contributed by atoms with Crippen LogP contribution in [0, 0.1) is 0 Å². The van der Waals surface area contributed by atoms with Gasteiger partial charge in [0.1, 0.15) is 12.4 Å². The van der Waals surface area contributed by atoms with Crippen molar-refractivity contribution in [3.05, 3.63) is 59.2 Å². The molecule has 2 aromatic carbocycles. The Kier molecular flexibility index (Phi) is 4.33. The number of ketones is 1. The molecule has 0 saturated heterocycles. The lowest BCUT2D eigenvalue weighted by atomic mass is 9.98. The van der Waals surface area contributed by atoms with Crippen molar-refractivity contribution < 1.29 is 19.0 Å². The summed E-state index contributed by atoms with van der Waals surface area (Å²) in [4.78, 5) is 12.6. The summed E-state index contributed by atoms with van der Waals surface area (Å²) < 4.78 is 16.5. The van der Waals surface area contributed by atoms with E-state index in [1.165, 1.54) is 0 Å². The number of hydrogen-bond donors (Lipinski definition) is 0. The minimum atomic E-state index is 0.000581. The zero-order valence-corrected chi connectivity index (χ0v) is 13.2. The molecule has 0 atom stereocenters. The molecule has 4 nitrogen and oxygen atoms in total. The van der Waals surface area contributed by atoms with Gasteiger partial charge in [-0.1, -0.05) is 18.2 Å². The number of ether oxygens (including phenoxy) is 3.